The van der Waals surface area contributed by atoms with E-state index in [9.17, 15) is 9.59 Å². The molecule has 0 amide bonds. The molecular weight excluding hydrogens is 3480 g/mol. The summed E-state index contributed by atoms with van der Waals surface area (Å²) in [6, 6.07) is 37.4. The van der Waals surface area contributed by atoms with Crippen LogP contribution in [0.3, 0.4) is 0 Å². The molecular formula is C113H208Br2N9O5PUV4W7. The topological polar surface area (TPSA) is 189 Å². The maximum absolute atomic E-state index is 10.8. The standard InChI is InChI=1S/C20H19BrP.C12H20NO2.C9H18NO.C9H16NO.4C8H15N.2C4H10N.C3H7.2C3H4.2C2H4.CH3O.2CH4.7CH3.BrH.U.4V.7W/c21-16-17-22(18-10-4-1-5-11-18,19-12-6-2-7-13-19)20-14-8-3-9-15-20;1-13-11-8-6-10(7-9-11)4-3-5-12(14)15-2;2*1-10-9-4-2-8(3-5-9)6-7-11;4*1-7-3-5-8(9-2)6-4-7;2*1-4-5(2)3;3*1-3-2;3*1-2;;;;;;;;;;;;;;;;;;;;;;/h1-15H,16-17H2;3,5,10-11H,4,6-9H2,1-2H3;8-9,11H,2-7H2,1H3;7-9H,2-6H2,1H3;4*7-8H,1,3-6H2,2H3;2*1,4H2,2-3H3;1,3H2,2H3;2*1-2H2;2*1-2H2;2H,1H2;2*1H4;7*1H3;1H;;;;;;;;;;;;/q+1;3*-1;4*-2;3*-1;;;;;-1;;;7*-1;;;11*+2/p-1/b;5-3+;;;;;;;;;;;;;;;;;;;;;;;;;;;;;;;;;;;;. The molecule has 0 spiro atoms. The van der Waals surface area contributed by atoms with Gasteiger partial charge in [-0.2, -0.15) is 79.4 Å². The average molecular weight is 3690 g/mol. The van der Waals surface area contributed by atoms with Crippen molar-refractivity contribution in [3.05, 3.63) is 312 Å². The Bertz CT molecular complexity index is 2550. The number of alkyl halides is 1. The molecule has 3 aromatic carbocycles. The number of carbonyl (C=O) groups is 2. The number of aliphatic hydroxyl groups is 2. The van der Waals surface area contributed by atoms with Gasteiger partial charge >= 0.3 is 228 Å². The summed E-state index contributed by atoms with van der Waals surface area (Å²) in [6.45, 7) is 55.5. The Morgan fingerprint density at radius 3 is 0.754 bits per heavy atom. The smallest absolute Gasteiger partial charge is 1.00 e. The van der Waals surface area contributed by atoms with E-state index in [0.717, 1.165) is 68.4 Å². The summed E-state index contributed by atoms with van der Waals surface area (Å²) in [5.74, 6) is 4.75. The van der Waals surface area contributed by atoms with Gasteiger partial charge in [-0.15, -0.1) is 93.2 Å². The van der Waals surface area contributed by atoms with Crippen molar-refractivity contribution in [1.29, 1.82) is 0 Å². The molecule has 29 heteroatoms. The van der Waals surface area contributed by atoms with Gasteiger partial charge in [0.05, 0.1) is 13.3 Å². The van der Waals surface area contributed by atoms with Crippen molar-refractivity contribution in [3.8, 4) is 0 Å². The third-order valence-corrected chi connectivity index (χ3v) is 27.5. The number of allylic oxidation sites excluding steroid dienone is 1. The quantitative estimate of drug-likeness (QED) is 0.0155. The Hall–Kier alpha value is 4.22. The van der Waals surface area contributed by atoms with Crippen LogP contribution in [0.15, 0.2) is 167 Å². The third kappa shape index (κ3) is 128. The Morgan fingerprint density at radius 2 is 0.599 bits per heavy atom. The first kappa shape index (κ1) is 221. The van der Waals surface area contributed by atoms with Crippen molar-refractivity contribution in [2.45, 2.75) is 270 Å². The van der Waals surface area contributed by atoms with Crippen molar-refractivity contribution < 1.29 is 294 Å². The van der Waals surface area contributed by atoms with Crippen molar-refractivity contribution >= 4 is 51.4 Å². The van der Waals surface area contributed by atoms with Gasteiger partial charge in [0, 0.05) is 55.5 Å². The Balaban J connectivity index is -0.0000000386. The third-order valence-electron chi connectivity index (χ3n) is 22.1. The maximum Gasteiger partial charge on any atom is 2.00 e. The van der Waals surface area contributed by atoms with Crippen LogP contribution in [0.5, 0.6) is 0 Å². The number of methoxy groups -OCH3 is 1. The molecule has 0 aliphatic heterocycles. The molecule has 142 heavy (non-hydrogen) atoms. The van der Waals surface area contributed by atoms with E-state index in [1.807, 2.05) is 100 Å². The van der Waals surface area contributed by atoms with Crippen molar-refractivity contribution in [2.24, 2.45) is 41.4 Å². The summed E-state index contributed by atoms with van der Waals surface area (Å²) >= 11 is 3.70. The van der Waals surface area contributed by atoms with E-state index in [0.29, 0.717) is 78.5 Å². The zero-order chi connectivity index (χ0) is 92.0. The monoisotopic (exact) mass is 3690 g/mol. The van der Waals surface area contributed by atoms with E-state index in [2.05, 4.69) is 269 Å². The molecule has 0 heterocycles. The van der Waals surface area contributed by atoms with Crippen LogP contribution in [0.1, 0.15) is 227 Å². The molecule has 0 bridgehead atoms. The van der Waals surface area contributed by atoms with E-state index in [1.165, 1.54) is 209 Å². The zero-order valence-electron chi connectivity index (χ0n) is 91.4. The zero-order valence-corrected chi connectivity index (χ0v) is 126. The van der Waals surface area contributed by atoms with Gasteiger partial charge in [0.2, 0.25) is 0 Å². The fraction of sp³-hybridized carbons (Fsp3) is 0.584. The summed E-state index contributed by atoms with van der Waals surface area (Å²) in [5.41, 5.74) is 4.50. The van der Waals surface area contributed by atoms with Crippen LogP contribution in [-0.4, -0.2) is 190 Å². The van der Waals surface area contributed by atoms with E-state index in [4.69, 9.17) is 10.2 Å². The second-order valence-corrected chi connectivity index (χ2v) is 35.8. The van der Waals surface area contributed by atoms with Gasteiger partial charge in [0.25, 0.3) is 0 Å². The van der Waals surface area contributed by atoms with Crippen LogP contribution in [-0.2, 0) is 236 Å². The van der Waals surface area contributed by atoms with Gasteiger partial charge in [-0.25, -0.2) is 11.9 Å². The number of aliphatic hydroxyl groups excluding tert-OH is 2. The minimum Gasteiger partial charge on any atom is -1.00 e. The maximum atomic E-state index is 10.8. The summed E-state index contributed by atoms with van der Waals surface area (Å²) in [6.07, 6.45) is 44.4. The van der Waals surface area contributed by atoms with Gasteiger partial charge in [-0.3, -0.25) is 0 Å². The minimum atomic E-state index is -1.60. The molecule has 0 saturated heterocycles. The first-order chi connectivity index (χ1) is 57.9. The molecule has 820 valence electrons. The fourth-order valence-corrected chi connectivity index (χ4v) is 19.9. The SMILES string of the molecule is BrCC[P+](c1ccccc1)(c1ccccc1)c1ccccc1.C.C.C=C.C=C.C=C=C.C=C=C.C[N-]C1CCC(C/C=C/C(=O)OC)CC1.C[N-]C1CCC(CC=O)CC1.C[N-]C1CCC(CCO)CC1.[Br-].[CH2-]C1CCC([N-]C)CC1.[CH2-]C1CCC([N-]C)CC1.[CH2-]C1CCC([N-]C)CC1.[CH2-]C1CCC([N-]C)CC1.[CH2-]CC.[CH2-]CN(C)C.[CH2-]CN(C)C.[CH2-]O.[CH3-].[CH3-].[CH3-].[CH3-].[CH3-].[CH3-].[CH3-].[U].[V+2].[V+2].[V+2].[V+2].[W+2].[W+2].[W+2].[W+2].[W+2].[W+2].[W+2]. The largest absolute Gasteiger partial charge is 2.00 e. The summed E-state index contributed by atoms with van der Waals surface area (Å²) in [4.78, 5) is 25.1. The van der Waals surface area contributed by atoms with E-state index < -0.39 is 7.26 Å². The number of rotatable bonds is 21. The molecule has 14 nitrogen and oxygen atoms in total. The molecule has 4 radical (unpaired) electrons. The van der Waals surface area contributed by atoms with E-state index in [-0.39, 0.29) is 343 Å². The van der Waals surface area contributed by atoms with Crippen LogP contribution in [0, 0.1) is 180 Å². The molecule has 0 atom stereocenters. The molecule has 7 fully saturated rings. The molecule has 7 aliphatic carbocycles. The number of ether oxygens (including phenoxy) is 1. The number of carbonyl (C=O) groups excluding carboxylic acids is 2. The number of esters is 1. The van der Waals surface area contributed by atoms with Gasteiger partial charge < -0.3 is 184 Å². The van der Waals surface area contributed by atoms with Crippen molar-refractivity contribution in [3.63, 3.8) is 0 Å². The second-order valence-electron chi connectivity index (χ2n) is 31.4. The summed E-state index contributed by atoms with van der Waals surface area (Å²) in [7, 11) is 23.4. The Morgan fingerprint density at radius 1 is 0.423 bits per heavy atom. The minimum absolute atomic E-state index is 0. The van der Waals surface area contributed by atoms with Crippen molar-refractivity contribution in [1.82, 2.24) is 9.80 Å². The van der Waals surface area contributed by atoms with Crippen molar-refractivity contribution in [2.75, 3.05) is 116 Å². The predicted molar refractivity (Wildman–Crippen MR) is 600 cm³/mol. The Kier molecular flexibility index (Phi) is 257. The molecule has 0 aromatic heterocycles. The number of nitrogens with zero attached hydrogens (tertiary/aromatic N) is 9. The van der Waals surface area contributed by atoms with Gasteiger partial charge in [0.15, 0.2) is 0 Å². The Labute approximate surface area is 1080 Å². The van der Waals surface area contributed by atoms with Crippen LogP contribution < -0.4 is 32.9 Å². The van der Waals surface area contributed by atoms with Crippen LogP contribution in [0.25, 0.3) is 37.2 Å². The van der Waals surface area contributed by atoms with Crippen LogP contribution in [0.4, 0.5) is 0 Å². The number of hydrogen-bond acceptors (Lipinski definition) is 7. The normalized spacial score (nSPS) is 19.8. The number of benzene rings is 3. The second kappa shape index (κ2) is 165. The number of halogens is 2. The van der Waals surface area contributed by atoms with E-state index in [1.54, 1.807) is 0 Å². The fourth-order valence-electron chi connectivity index (χ4n) is 14.3. The summed E-state index contributed by atoms with van der Waals surface area (Å²) in [5, 5.41) is 50.7. The number of hydrogen-bond donors (Lipinski definition) is 2. The molecule has 7 aliphatic rings. The predicted octanol–water partition coefficient (Wildman–Crippen LogP) is 27.7. The molecule has 10 rings (SSSR count). The van der Waals surface area contributed by atoms with Crippen LogP contribution in [0.2, 0.25) is 0 Å². The molecule has 7 saturated carbocycles. The van der Waals surface area contributed by atoms with E-state index >= 15 is 0 Å². The first-order valence-corrected chi connectivity index (χ1v) is 47.5. The molecule has 0 unspecified atom stereocenters. The van der Waals surface area contributed by atoms with Gasteiger partial charge in [-0.1, -0.05) is 304 Å². The molecule has 3 aromatic rings. The first-order valence-electron chi connectivity index (χ1n) is 44.4. The van der Waals surface area contributed by atoms with Gasteiger partial charge in [-0.05, 0) is 95.2 Å². The molecule has 2 N–H and O–H groups in total. The average Bonchev–Trinajstić information content (AvgIpc) is 0.758. The summed E-state index contributed by atoms with van der Waals surface area (Å²) < 4.78 is 4.53. The number of aldehydes is 1. The van der Waals surface area contributed by atoms with Crippen LogP contribution >= 0.6 is 23.2 Å². The van der Waals surface area contributed by atoms with Gasteiger partial charge in [0.1, 0.15) is 29.5 Å².